The molecule has 0 saturated carbocycles. The summed E-state index contributed by atoms with van der Waals surface area (Å²) >= 11 is 9.10. The molecule has 0 spiro atoms. The molecule has 0 unspecified atom stereocenters. The number of carbonyl (C=O) groups is 1. The summed E-state index contributed by atoms with van der Waals surface area (Å²) in [4.78, 5) is 12.0. The van der Waals surface area contributed by atoms with Crippen LogP contribution in [0.25, 0.3) is 0 Å². The minimum Gasteiger partial charge on any atom is -0.485 e. The highest BCUT2D eigenvalue weighted by atomic mass is 79.9. The lowest BCUT2D eigenvalue weighted by Gasteiger charge is -2.06. The maximum Gasteiger partial charge on any atom is 0.219 e. The Morgan fingerprint density at radius 2 is 2.33 bits per heavy atom. The summed E-state index contributed by atoms with van der Waals surface area (Å²) in [5.41, 5.74) is 0.483. The van der Waals surface area contributed by atoms with Gasteiger partial charge in [0.15, 0.2) is 6.61 Å². The summed E-state index contributed by atoms with van der Waals surface area (Å²) in [6, 6.07) is 6.92. The first-order valence-corrected chi connectivity index (χ1v) is 6.34. The number of benzene rings is 1. The van der Waals surface area contributed by atoms with Crippen molar-refractivity contribution in [3.8, 4) is 5.75 Å². The summed E-state index contributed by atoms with van der Waals surface area (Å²) in [5, 5.41) is 4.55. The molecule has 0 radical (unpaired) electrons. The lowest BCUT2D eigenvalue weighted by atomic mass is 10.3. The Bertz CT molecular complexity index is 564. The van der Waals surface area contributed by atoms with Gasteiger partial charge in [-0.15, -0.1) is 0 Å². The molecular weight excluding hydrogens is 320 g/mol. The molecule has 6 heteroatoms. The van der Waals surface area contributed by atoms with E-state index in [1.807, 2.05) is 0 Å². The van der Waals surface area contributed by atoms with Crippen LogP contribution in [-0.2, 0) is 7.05 Å². The van der Waals surface area contributed by atoms with Crippen LogP contribution in [0, 0.1) is 0 Å². The highest BCUT2D eigenvalue weighted by molar-refractivity contribution is 9.10. The van der Waals surface area contributed by atoms with Gasteiger partial charge < -0.3 is 4.74 Å². The highest BCUT2D eigenvalue weighted by Gasteiger charge is 2.15. The van der Waals surface area contributed by atoms with E-state index in [1.165, 1.54) is 4.68 Å². The van der Waals surface area contributed by atoms with Crippen molar-refractivity contribution < 1.29 is 9.53 Å². The van der Waals surface area contributed by atoms with E-state index in [0.717, 1.165) is 0 Å². The van der Waals surface area contributed by atoms with Crippen molar-refractivity contribution in [1.82, 2.24) is 9.78 Å². The van der Waals surface area contributed by atoms with Crippen LogP contribution in [-0.4, -0.2) is 22.2 Å². The molecule has 94 valence electrons. The first-order chi connectivity index (χ1) is 8.58. The van der Waals surface area contributed by atoms with Crippen LogP contribution in [0.4, 0.5) is 0 Å². The Hall–Kier alpha value is -1.33. The van der Waals surface area contributed by atoms with Gasteiger partial charge in [0.1, 0.15) is 11.4 Å². The van der Waals surface area contributed by atoms with E-state index in [-0.39, 0.29) is 12.4 Å². The number of aromatic nitrogens is 2. The van der Waals surface area contributed by atoms with Crippen molar-refractivity contribution in [2.75, 3.05) is 6.61 Å². The van der Waals surface area contributed by atoms with E-state index < -0.39 is 0 Å². The molecule has 0 atom stereocenters. The van der Waals surface area contributed by atoms with E-state index in [2.05, 4.69) is 21.0 Å². The third-order valence-electron chi connectivity index (χ3n) is 2.32. The van der Waals surface area contributed by atoms with Crippen LogP contribution >= 0.6 is 27.5 Å². The number of carbonyl (C=O) groups excluding carboxylic acids is 1. The second kappa shape index (κ2) is 5.54. The molecule has 0 aliphatic carbocycles. The Labute approximate surface area is 118 Å². The van der Waals surface area contributed by atoms with Crippen molar-refractivity contribution in [2.45, 2.75) is 0 Å². The highest BCUT2D eigenvalue weighted by Crippen LogP contribution is 2.19. The molecule has 0 aliphatic rings. The van der Waals surface area contributed by atoms with Gasteiger partial charge in [0.2, 0.25) is 5.78 Å². The van der Waals surface area contributed by atoms with Crippen molar-refractivity contribution in [3.05, 3.63) is 45.7 Å². The minimum atomic E-state index is -0.151. The van der Waals surface area contributed by atoms with Crippen LogP contribution in [0.2, 0.25) is 5.02 Å². The molecule has 1 heterocycles. The van der Waals surface area contributed by atoms with E-state index in [4.69, 9.17) is 16.3 Å². The van der Waals surface area contributed by atoms with E-state index in [1.54, 1.807) is 37.5 Å². The van der Waals surface area contributed by atoms with Gasteiger partial charge in [-0.05, 0) is 34.1 Å². The Morgan fingerprint density at radius 1 is 1.56 bits per heavy atom. The zero-order chi connectivity index (χ0) is 13.1. The summed E-state index contributed by atoms with van der Waals surface area (Å²) in [7, 11) is 1.71. The van der Waals surface area contributed by atoms with Gasteiger partial charge in [-0.3, -0.25) is 9.48 Å². The number of halogens is 2. The molecule has 18 heavy (non-hydrogen) atoms. The number of aryl methyl sites for hydroxylation is 1. The number of Topliss-reactive ketones (excluding diaryl/α,β-unsaturated/α-hetero) is 1. The number of nitrogens with zero attached hydrogens (tertiary/aromatic N) is 2. The molecule has 0 saturated heterocycles. The second-order valence-corrected chi connectivity index (χ2v) is 4.92. The minimum absolute atomic E-state index is 0.0571. The van der Waals surface area contributed by atoms with Crippen LogP contribution in [0.5, 0.6) is 5.75 Å². The van der Waals surface area contributed by atoms with Crippen LogP contribution in [0.3, 0.4) is 0 Å². The number of hydrogen-bond acceptors (Lipinski definition) is 3. The van der Waals surface area contributed by atoms with Crippen molar-refractivity contribution in [3.63, 3.8) is 0 Å². The number of ketones is 1. The molecule has 1 aromatic carbocycles. The number of hydrogen-bond donors (Lipinski definition) is 0. The molecule has 2 aromatic rings. The van der Waals surface area contributed by atoms with Gasteiger partial charge >= 0.3 is 0 Å². The van der Waals surface area contributed by atoms with E-state index in [0.29, 0.717) is 20.9 Å². The molecule has 0 aliphatic heterocycles. The second-order valence-electron chi connectivity index (χ2n) is 3.63. The fraction of sp³-hybridized carbons (Fsp3) is 0.167. The Balaban J connectivity index is 2.05. The maximum absolute atomic E-state index is 12.0. The zero-order valence-electron chi connectivity index (χ0n) is 9.56. The summed E-state index contributed by atoms with van der Waals surface area (Å²) in [5.74, 6) is 0.413. The van der Waals surface area contributed by atoms with Crippen molar-refractivity contribution in [2.24, 2.45) is 7.05 Å². The summed E-state index contributed by atoms with van der Waals surface area (Å²) in [6.07, 6.45) is 1.58. The maximum atomic E-state index is 12.0. The summed E-state index contributed by atoms with van der Waals surface area (Å²) < 4.78 is 7.55. The lowest BCUT2D eigenvalue weighted by molar-refractivity contribution is 0.0911. The van der Waals surface area contributed by atoms with Gasteiger partial charge in [0.25, 0.3) is 0 Å². The average molecular weight is 330 g/mol. The normalized spacial score (nSPS) is 10.4. The van der Waals surface area contributed by atoms with Gasteiger partial charge in [-0.2, -0.15) is 5.10 Å². The third kappa shape index (κ3) is 2.91. The van der Waals surface area contributed by atoms with Crippen LogP contribution < -0.4 is 4.74 Å². The summed E-state index contributed by atoms with van der Waals surface area (Å²) in [6.45, 7) is -0.0571. The predicted molar refractivity (Wildman–Crippen MR) is 72.2 cm³/mol. The zero-order valence-corrected chi connectivity index (χ0v) is 11.9. The molecule has 0 bridgehead atoms. The first kappa shape index (κ1) is 13.1. The predicted octanol–water partition coefficient (Wildman–Crippen LogP) is 3.10. The van der Waals surface area contributed by atoms with E-state index >= 15 is 0 Å². The monoisotopic (exact) mass is 328 g/mol. The third-order valence-corrected chi connectivity index (χ3v) is 3.14. The van der Waals surface area contributed by atoms with E-state index in [9.17, 15) is 4.79 Å². The number of ether oxygens (including phenoxy) is 1. The standard InChI is InChI=1S/C12H10BrClN2O2/c1-16-12(10(13)6-15-16)11(17)7-18-9-4-2-3-8(14)5-9/h2-6H,7H2,1H3. The molecule has 2 rings (SSSR count). The topological polar surface area (TPSA) is 44.1 Å². The molecule has 0 amide bonds. The van der Waals surface area contributed by atoms with Gasteiger partial charge in [0.05, 0.1) is 10.7 Å². The van der Waals surface area contributed by atoms with Gasteiger partial charge in [-0.1, -0.05) is 17.7 Å². The van der Waals surface area contributed by atoms with Gasteiger partial charge in [0, 0.05) is 12.1 Å². The lowest BCUT2D eigenvalue weighted by Crippen LogP contribution is -2.16. The van der Waals surface area contributed by atoms with Crippen molar-refractivity contribution in [1.29, 1.82) is 0 Å². The molecule has 0 N–H and O–H groups in total. The molecule has 0 fully saturated rings. The first-order valence-electron chi connectivity index (χ1n) is 5.17. The Morgan fingerprint density at radius 3 is 2.94 bits per heavy atom. The fourth-order valence-electron chi connectivity index (χ4n) is 1.50. The van der Waals surface area contributed by atoms with Crippen LogP contribution in [0.1, 0.15) is 10.5 Å². The Kier molecular flexibility index (Phi) is 4.04. The van der Waals surface area contributed by atoms with Gasteiger partial charge in [-0.25, -0.2) is 0 Å². The SMILES string of the molecule is Cn1ncc(Br)c1C(=O)COc1cccc(Cl)c1. The van der Waals surface area contributed by atoms with Crippen LogP contribution in [0.15, 0.2) is 34.9 Å². The largest absolute Gasteiger partial charge is 0.485 e. The smallest absolute Gasteiger partial charge is 0.219 e. The molecule has 4 nitrogen and oxygen atoms in total. The molecular formula is C12H10BrClN2O2. The number of rotatable bonds is 4. The quantitative estimate of drug-likeness (QED) is 0.810. The molecule has 1 aromatic heterocycles. The average Bonchev–Trinajstić information content (AvgIpc) is 2.66. The fourth-order valence-corrected chi connectivity index (χ4v) is 2.25. The van der Waals surface area contributed by atoms with Crippen molar-refractivity contribution >= 4 is 33.3 Å².